The molecular formula is C16H28O14. The highest BCUT2D eigenvalue weighted by Gasteiger charge is 1.94. The first-order valence-electron chi connectivity index (χ1n) is 7.30. The maximum Gasteiger partial charge on any atom is 0.310 e. The minimum absolute atomic E-state index is 0.375. The number of methoxy groups -OCH3 is 1. The summed E-state index contributed by atoms with van der Waals surface area (Å²) < 4.78 is 11.8. The first-order valence-corrected chi connectivity index (χ1v) is 7.30. The van der Waals surface area contributed by atoms with Crippen LogP contribution in [0.2, 0.25) is 0 Å². The van der Waals surface area contributed by atoms with Gasteiger partial charge in [-0.05, 0) is 0 Å². The molecule has 0 amide bonds. The topological polar surface area (TPSA) is 225 Å². The summed E-state index contributed by atoms with van der Waals surface area (Å²) >= 11 is 0. The average Bonchev–Trinajstić information content (AvgIpc) is 2.43. The zero-order valence-corrected chi connectivity index (χ0v) is 17.9. The fourth-order valence-electron chi connectivity index (χ4n) is 0.405. The predicted molar refractivity (Wildman–Crippen MR) is 97.9 cm³/mol. The molecule has 0 aromatic carbocycles. The molecule has 176 valence electrons. The zero-order chi connectivity index (χ0) is 25.9. The van der Waals surface area contributed by atoms with Crippen LogP contribution in [0.15, 0.2) is 0 Å². The monoisotopic (exact) mass is 444 g/mol. The Morgan fingerprint density at radius 2 is 0.633 bits per heavy atom. The number of carboxylic acid groups (broad SMARTS) is 3. The van der Waals surface area contributed by atoms with E-state index in [0.717, 1.165) is 20.8 Å². The number of hydrogen-bond acceptors (Lipinski definition) is 11. The minimum atomic E-state index is -0.833. The van der Waals surface area contributed by atoms with Gasteiger partial charge in [-0.1, -0.05) is 0 Å². The Morgan fingerprint density at radius 1 is 0.533 bits per heavy atom. The Kier molecular flexibility index (Phi) is 44.5. The van der Waals surface area contributed by atoms with Gasteiger partial charge >= 0.3 is 23.9 Å². The molecule has 0 radical (unpaired) electrons. The molecule has 0 unspecified atom stereocenters. The standard InChI is InChI=1S/2C4H6O3.4C2H4O2/c2*1-3(5)7-4(2)6;1-4-2-3;3*1-2(3)4/h2*1-2H3;2H,1H3;3*1H3,(H,3,4). The van der Waals surface area contributed by atoms with Crippen molar-refractivity contribution in [2.75, 3.05) is 7.11 Å². The first-order chi connectivity index (χ1) is 13.4. The van der Waals surface area contributed by atoms with Gasteiger partial charge in [-0.2, -0.15) is 0 Å². The van der Waals surface area contributed by atoms with Crippen molar-refractivity contribution in [3.63, 3.8) is 0 Å². The summed E-state index contributed by atoms with van der Waals surface area (Å²) in [5.41, 5.74) is 0. The summed E-state index contributed by atoms with van der Waals surface area (Å²) in [5, 5.41) is 22.2. The summed E-state index contributed by atoms with van der Waals surface area (Å²) in [6, 6.07) is 0. The molecule has 0 atom stereocenters. The van der Waals surface area contributed by atoms with E-state index in [4.69, 9.17) is 34.5 Å². The number of carbonyl (C=O) groups is 8. The van der Waals surface area contributed by atoms with Crippen LogP contribution in [0.25, 0.3) is 0 Å². The Balaban J connectivity index is -0.0000000590. The molecule has 30 heavy (non-hydrogen) atoms. The number of carboxylic acids is 3. The normalized spacial score (nSPS) is 6.80. The quantitative estimate of drug-likeness (QED) is 0.213. The first kappa shape index (κ1) is 40.7. The van der Waals surface area contributed by atoms with Gasteiger partial charge in [0.2, 0.25) is 0 Å². The van der Waals surface area contributed by atoms with Crippen LogP contribution in [0.1, 0.15) is 48.5 Å². The largest absolute Gasteiger partial charge is 0.481 e. The molecule has 0 saturated carbocycles. The smallest absolute Gasteiger partial charge is 0.310 e. The second-order valence-electron chi connectivity index (χ2n) is 4.06. The van der Waals surface area contributed by atoms with Gasteiger partial charge < -0.3 is 29.5 Å². The van der Waals surface area contributed by atoms with E-state index in [1.165, 1.54) is 34.8 Å². The lowest BCUT2D eigenvalue weighted by molar-refractivity contribution is -0.158. The summed E-state index contributed by atoms with van der Waals surface area (Å²) in [6.07, 6.45) is 0. The van der Waals surface area contributed by atoms with Crippen LogP contribution in [0, 0.1) is 0 Å². The minimum Gasteiger partial charge on any atom is -0.481 e. The van der Waals surface area contributed by atoms with Crippen LogP contribution >= 0.6 is 0 Å². The van der Waals surface area contributed by atoms with E-state index in [-0.39, 0.29) is 0 Å². The van der Waals surface area contributed by atoms with Gasteiger partial charge in [-0.3, -0.25) is 38.4 Å². The lowest BCUT2D eigenvalue weighted by Crippen LogP contribution is -2.03. The van der Waals surface area contributed by atoms with Crippen LogP contribution in [-0.2, 0) is 52.6 Å². The van der Waals surface area contributed by atoms with E-state index in [1.54, 1.807) is 0 Å². The number of rotatable bonds is 1. The highest BCUT2D eigenvalue weighted by molar-refractivity contribution is 5.82. The molecule has 0 bridgehead atoms. The third-order valence-electron chi connectivity index (χ3n) is 0.671. The Morgan fingerprint density at radius 3 is 0.633 bits per heavy atom. The van der Waals surface area contributed by atoms with Crippen molar-refractivity contribution < 1.29 is 67.9 Å². The van der Waals surface area contributed by atoms with Crippen molar-refractivity contribution in [1.29, 1.82) is 0 Å². The number of ether oxygens (including phenoxy) is 3. The molecular weight excluding hydrogens is 416 g/mol. The summed E-state index contributed by atoms with van der Waals surface area (Å²) in [4.78, 5) is 75.2. The van der Waals surface area contributed by atoms with Gasteiger partial charge in [0.15, 0.2) is 0 Å². The van der Waals surface area contributed by atoms with E-state index in [2.05, 4.69) is 14.2 Å². The van der Waals surface area contributed by atoms with E-state index >= 15 is 0 Å². The molecule has 0 aliphatic carbocycles. The molecule has 0 aliphatic heterocycles. The lowest BCUT2D eigenvalue weighted by Gasteiger charge is -1.87. The molecule has 0 aromatic rings. The zero-order valence-electron chi connectivity index (χ0n) is 17.9. The van der Waals surface area contributed by atoms with E-state index in [0.29, 0.717) is 6.47 Å². The van der Waals surface area contributed by atoms with Crippen LogP contribution in [0.5, 0.6) is 0 Å². The Bertz CT molecular complexity index is 446. The van der Waals surface area contributed by atoms with E-state index < -0.39 is 41.8 Å². The maximum atomic E-state index is 9.81. The predicted octanol–water partition coefficient (Wildman–Crippen LogP) is 0.254. The van der Waals surface area contributed by atoms with Crippen LogP contribution < -0.4 is 0 Å². The van der Waals surface area contributed by atoms with Crippen molar-refractivity contribution in [2.45, 2.75) is 48.5 Å². The molecule has 14 nitrogen and oxygen atoms in total. The Labute approximate surface area is 172 Å². The number of esters is 4. The fourth-order valence-corrected chi connectivity index (χ4v) is 0.405. The van der Waals surface area contributed by atoms with Crippen molar-refractivity contribution in [1.82, 2.24) is 0 Å². The Hall–Kier alpha value is -3.84. The summed E-state index contributed by atoms with van der Waals surface area (Å²) in [6.45, 7) is 8.35. The molecule has 3 N–H and O–H groups in total. The number of aliphatic carboxylic acids is 3. The molecule has 14 heteroatoms. The van der Waals surface area contributed by atoms with Crippen molar-refractivity contribution in [3.05, 3.63) is 0 Å². The molecule has 0 aromatic heterocycles. The highest BCUT2D eigenvalue weighted by atomic mass is 16.6. The summed E-state index contributed by atoms with van der Waals surface area (Å²) in [7, 11) is 1.31. The third kappa shape index (κ3) is 487. The van der Waals surface area contributed by atoms with Gasteiger partial charge in [-0.25, -0.2) is 0 Å². The van der Waals surface area contributed by atoms with Gasteiger partial charge in [-0.15, -0.1) is 0 Å². The molecule has 0 aliphatic rings. The van der Waals surface area contributed by atoms with Gasteiger partial charge in [0.1, 0.15) is 0 Å². The summed E-state index contributed by atoms with van der Waals surface area (Å²) in [5.74, 6) is -4.75. The van der Waals surface area contributed by atoms with Crippen molar-refractivity contribution in [2.24, 2.45) is 0 Å². The van der Waals surface area contributed by atoms with E-state index in [9.17, 15) is 19.2 Å². The van der Waals surface area contributed by atoms with Gasteiger partial charge in [0, 0.05) is 48.5 Å². The molecule has 0 heterocycles. The van der Waals surface area contributed by atoms with Crippen LogP contribution in [0.4, 0.5) is 0 Å². The van der Waals surface area contributed by atoms with Crippen LogP contribution in [-0.4, -0.2) is 70.7 Å². The highest BCUT2D eigenvalue weighted by Crippen LogP contribution is 1.74. The second kappa shape index (κ2) is 32.8. The third-order valence-corrected chi connectivity index (χ3v) is 0.671. The molecule has 0 rings (SSSR count). The number of hydrogen-bond donors (Lipinski definition) is 3. The number of carbonyl (C=O) groups excluding carboxylic acids is 5. The molecule has 0 fully saturated rings. The second-order valence-corrected chi connectivity index (χ2v) is 4.06. The SMILES string of the molecule is CC(=O)O.CC(=O)O.CC(=O)O.CC(=O)OC(C)=O.CC(=O)OC(C)=O.COC=O. The van der Waals surface area contributed by atoms with Crippen molar-refractivity contribution >= 4 is 48.3 Å². The fraction of sp³-hybridized carbons (Fsp3) is 0.500. The van der Waals surface area contributed by atoms with E-state index in [1.807, 2.05) is 0 Å². The lowest BCUT2D eigenvalue weighted by atomic mass is 10.7. The maximum absolute atomic E-state index is 9.81. The van der Waals surface area contributed by atoms with Crippen molar-refractivity contribution in [3.8, 4) is 0 Å². The average molecular weight is 444 g/mol. The van der Waals surface area contributed by atoms with Crippen LogP contribution in [0.3, 0.4) is 0 Å². The van der Waals surface area contributed by atoms with Gasteiger partial charge in [0.05, 0.1) is 7.11 Å². The molecule has 0 spiro atoms. The molecule has 0 saturated heterocycles. The van der Waals surface area contributed by atoms with Gasteiger partial charge in [0.25, 0.3) is 24.4 Å².